The molecule has 0 radical (unpaired) electrons. The quantitative estimate of drug-likeness (QED) is 0.470. The smallest absolute Gasteiger partial charge is 0.0377 e. The molecule has 1 fully saturated rings. The highest BCUT2D eigenvalue weighted by atomic mass is 14.3. The average molecular weight is 232 g/mol. The van der Waals surface area contributed by atoms with Gasteiger partial charge in [-0.1, -0.05) is 45.6 Å². The Morgan fingerprint density at radius 2 is 1.88 bits per heavy atom. The lowest BCUT2D eigenvalue weighted by Gasteiger charge is -2.37. The van der Waals surface area contributed by atoms with Crippen molar-refractivity contribution in [2.75, 3.05) is 0 Å². The average Bonchev–Trinajstić information content (AvgIpc) is 2.30. The standard InChI is InChI=1S/C17H28/c1-6-14(7-2)8-9-15-10-12-16(13-11-15)17(3,4)5/h1,7,14-16H,2,8-13H2,3-5H3. The van der Waals surface area contributed by atoms with Crippen molar-refractivity contribution >= 4 is 0 Å². The van der Waals surface area contributed by atoms with Crippen molar-refractivity contribution in [3.63, 3.8) is 0 Å². The first-order valence-corrected chi connectivity index (χ1v) is 7.06. The van der Waals surface area contributed by atoms with Gasteiger partial charge >= 0.3 is 0 Å². The molecule has 1 aliphatic carbocycles. The van der Waals surface area contributed by atoms with Crippen molar-refractivity contribution in [3.05, 3.63) is 12.7 Å². The maximum absolute atomic E-state index is 5.46. The summed E-state index contributed by atoms with van der Waals surface area (Å²) in [5.74, 6) is 4.92. The van der Waals surface area contributed by atoms with E-state index in [0.29, 0.717) is 5.41 Å². The number of hydrogen-bond donors (Lipinski definition) is 0. The molecule has 0 aliphatic heterocycles. The Morgan fingerprint density at radius 1 is 1.29 bits per heavy atom. The van der Waals surface area contributed by atoms with E-state index in [-0.39, 0.29) is 5.92 Å². The normalized spacial score (nSPS) is 27.2. The number of allylic oxidation sites excluding steroid dienone is 1. The molecule has 1 saturated carbocycles. The molecule has 0 N–H and O–H groups in total. The van der Waals surface area contributed by atoms with Gasteiger partial charge in [-0.15, -0.1) is 13.0 Å². The number of terminal acetylenes is 1. The summed E-state index contributed by atoms with van der Waals surface area (Å²) >= 11 is 0. The summed E-state index contributed by atoms with van der Waals surface area (Å²) in [7, 11) is 0. The SMILES string of the molecule is C#CC(C=C)CCC1CCC(C(C)(C)C)CC1. The summed E-state index contributed by atoms with van der Waals surface area (Å²) in [5, 5.41) is 0. The zero-order valence-corrected chi connectivity index (χ0v) is 11.8. The predicted molar refractivity (Wildman–Crippen MR) is 76.7 cm³/mol. The van der Waals surface area contributed by atoms with Crippen LogP contribution in [0.5, 0.6) is 0 Å². The molecule has 0 heteroatoms. The lowest BCUT2D eigenvalue weighted by atomic mass is 9.69. The van der Waals surface area contributed by atoms with Crippen molar-refractivity contribution in [1.82, 2.24) is 0 Å². The Bertz CT molecular complexity index is 265. The summed E-state index contributed by atoms with van der Waals surface area (Å²) in [4.78, 5) is 0. The van der Waals surface area contributed by atoms with E-state index < -0.39 is 0 Å². The van der Waals surface area contributed by atoms with Gasteiger partial charge in [-0.25, -0.2) is 0 Å². The largest absolute Gasteiger partial charge is 0.119 e. The first-order valence-electron chi connectivity index (χ1n) is 7.06. The Hall–Kier alpha value is -0.700. The van der Waals surface area contributed by atoms with E-state index in [4.69, 9.17) is 6.42 Å². The molecule has 0 bridgehead atoms. The zero-order valence-electron chi connectivity index (χ0n) is 11.8. The molecule has 96 valence electrons. The summed E-state index contributed by atoms with van der Waals surface area (Å²) in [6.45, 7) is 10.9. The van der Waals surface area contributed by atoms with Crippen LogP contribution in [0.25, 0.3) is 0 Å². The Kier molecular flexibility index (Phi) is 5.31. The van der Waals surface area contributed by atoms with Crippen LogP contribution in [0.15, 0.2) is 12.7 Å². The Balaban J connectivity index is 2.29. The maximum atomic E-state index is 5.46. The molecule has 0 nitrogen and oxygen atoms in total. The fraction of sp³-hybridized carbons (Fsp3) is 0.765. The van der Waals surface area contributed by atoms with Crippen LogP contribution < -0.4 is 0 Å². The molecule has 0 heterocycles. The van der Waals surface area contributed by atoms with E-state index in [1.54, 1.807) is 0 Å². The third-order valence-electron chi connectivity index (χ3n) is 4.46. The van der Waals surface area contributed by atoms with Crippen molar-refractivity contribution in [2.45, 2.75) is 59.3 Å². The van der Waals surface area contributed by atoms with E-state index in [0.717, 1.165) is 18.3 Å². The minimum atomic E-state index is 0.287. The van der Waals surface area contributed by atoms with Gasteiger partial charge in [-0.3, -0.25) is 0 Å². The highest BCUT2D eigenvalue weighted by molar-refractivity contribution is 5.02. The molecule has 1 atom stereocenters. The van der Waals surface area contributed by atoms with Crippen molar-refractivity contribution in [1.29, 1.82) is 0 Å². The molecule has 0 spiro atoms. The molecule has 17 heavy (non-hydrogen) atoms. The third kappa shape index (κ3) is 4.58. The summed E-state index contributed by atoms with van der Waals surface area (Å²) in [5.41, 5.74) is 0.493. The van der Waals surface area contributed by atoms with Gasteiger partial charge in [0, 0.05) is 5.92 Å². The first kappa shape index (κ1) is 14.4. The second-order valence-corrected chi connectivity index (χ2v) is 6.67. The summed E-state index contributed by atoms with van der Waals surface area (Å²) in [6.07, 6.45) is 15.4. The van der Waals surface area contributed by atoms with Crippen molar-refractivity contribution in [2.24, 2.45) is 23.2 Å². The lowest BCUT2D eigenvalue weighted by molar-refractivity contribution is 0.145. The molecule has 1 rings (SSSR count). The Morgan fingerprint density at radius 3 is 2.29 bits per heavy atom. The molecule has 0 aromatic rings. The monoisotopic (exact) mass is 232 g/mol. The lowest BCUT2D eigenvalue weighted by Crippen LogP contribution is -2.26. The highest BCUT2D eigenvalue weighted by Gasteiger charge is 2.29. The second-order valence-electron chi connectivity index (χ2n) is 6.67. The molecule has 0 saturated heterocycles. The van der Waals surface area contributed by atoms with E-state index in [1.165, 1.54) is 32.1 Å². The van der Waals surface area contributed by atoms with Crippen molar-refractivity contribution in [3.8, 4) is 12.3 Å². The van der Waals surface area contributed by atoms with Gasteiger partial charge in [0.05, 0.1) is 0 Å². The molecular formula is C17H28. The minimum Gasteiger partial charge on any atom is -0.119 e. The first-order chi connectivity index (χ1) is 7.97. The molecule has 0 aromatic heterocycles. The highest BCUT2D eigenvalue weighted by Crippen LogP contribution is 2.41. The van der Waals surface area contributed by atoms with Gasteiger partial charge in [0.25, 0.3) is 0 Å². The predicted octanol–water partition coefficient (Wildman–Crippen LogP) is 5.05. The van der Waals surface area contributed by atoms with Crippen LogP contribution in [-0.2, 0) is 0 Å². The van der Waals surface area contributed by atoms with Crippen LogP contribution in [0.1, 0.15) is 59.3 Å². The van der Waals surface area contributed by atoms with E-state index in [9.17, 15) is 0 Å². The summed E-state index contributed by atoms with van der Waals surface area (Å²) in [6, 6.07) is 0. The van der Waals surface area contributed by atoms with E-state index in [1.807, 2.05) is 6.08 Å². The van der Waals surface area contributed by atoms with E-state index >= 15 is 0 Å². The van der Waals surface area contributed by atoms with Crippen LogP contribution in [-0.4, -0.2) is 0 Å². The van der Waals surface area contributed by atoms with Crippen LogP contribution in [0.2, 0.25) is 0 Å². The number of rotatable bonds is 4. The maximum Gasteiger partial charge on any atom is 0.0377 e. The number of hydrogen-bond acceptors (Lipinski definition) is 0. The molecule has 0 amide bonds. The van der Waals surface area contributed by atoms with Gasteiger partial charge in [0.15, 0.2) is 0 Å². The van der Waals surface area contributed by atoms with Crippen LogP contribution >= 0.6 is 0 Å². The van der Waals surface area contributed by atoms with Crippen LogP contribution in [0.4, 0.5) is 0 Å². The topological polar surface area (TPSA) is 0 Å². The second kappa shape index (κ2) is 6.29. The fourth-order valence-corrected chi connectivity index (χ4v) is 3.00. The van der Waals surface area contributed by atoms with Gasteiger partial charge < -0.3 is 0 Å². The molecule has 1 aliphatic rings. The van der Waals surface area contributed by atoms with Gasteiger partial charge in [0.2, 0.25) is 0 Å². The Labute approximate surface area is 108 Å². The van der Waals surface area contributed by atoms with Gasteiger partial charge in [-0.2, -0.15) is 0 Å². The summed E-state index contributed by atoms with van der Waals surface area (Å²) < 4.78 is 0. The molecular weight excluding hydrogens is 204 g/mol. The molecule has 1 unspecified atom stereocenters. The zero-order chi connectivity index (χ0) is 12.9. The fourth-order valence-electron chi connectivity index (χ4n) is 3.00. The van der Waals surface area contributed by atoms with E-state index in [2.05, 4.69) is 33.3 Å². The molecule has 0 aromatic carbocycles. The minimum absolute atomic E-state index is 0.287. The van der Waals surface area contributed by atoms with Crippen molar-refractivity contribution < 1.29 is 0 Å². The van der Waals surface area contributed by atoms with Gasteiger partial charge in [0.1, 0.15) is 0 Å². The van der Waals surface area contributed by atoms with Gasteiger partial charge in [-0.05, 0) is 42.9 Å². The van der Waals surface area contributed by atoms with Crippen LogP contribution in [0.3, 0.4) is 0 Å². The third-order valence-corrected chi connectivity index (χ3v) is 4.46. The van der Waals surface area contributed by atoms with Crippen LogP contribution in [0, 0.1) is 35.5 Å².